The highest BCUT2D eigenvalue weighted by molar-refractivity contribution is 6.82. The maximum atomic E-state index is 10.5. The fourth-order valence-electron chi connectivity index (χ4n) is 1.67. The van der Waals surface area contributed by atoms with Crippen LogP contribution in [0.4, 0.5) is 0 Å². The Morgan fingerprint density at radius 1 is 0.760 bits per heavy atom. The van der Waals surface area contributed by atoms with Gasteiger partial charge in [0.05, 0.1) is 11.1 Å². The number of benzene rings is 1. The fourth-order valence-corrected chi connectivity index (χ4v) is 8.60. The van der Waals surface area contributed by atoms with E-state index in [-0.39, 0.29) is 11.1 Å². The van der Waals surface area contributed by atoms with Gasteiger partial charge in [0.15, 0.2) is 16.6 Å². The van der Waals surface area contributed by atoms with Gasteiger partial charge in [0, 0.05) is 0 Å². The maximum absolute atomic E-state index is 10.5. The first-order valence-corrected chi connectivity index (χ1v) is 16.0. The van der Waals surface area contributed by atoms with Gasteiger partial charge in [0.1, 0.15) is 0 Å². The zero-order chi connectivity index (χ0) is 20.1. The van der Waals surface area contributed by atoms with Gasteiger partial charge >= 0.3 is 21.0 Å². The summed E-state index contributed by atoms with van der Waals surface area (Å²) >= 11 is 0. The molecule has 0 aliphatic carbocycles. The molecule has 0 saturated carbocycles. The molecule has 0 spiro atoms. The molecule has 1 aromatic carbocycles. The van der Waals surface area contributed by atoms with Gasteiger partial charge in [-0.15, -0.1) is 0 Å². The summed E-state index contributed by atoms with van der Waals surface area (Å²) in [4.78, 5) is 39.9. The first-order chi connectivity index (χ1) is 11.0. The van der Waals surface area contributed by atoms with Crippen molar-refractivity contribution in [3.05, 3.63) is 35.4 Å². The second-order valence-corrected chi connectivity index (χ2v) is 18.3. The highest BCUT2D eigenvalue weighted by Gasteiger charge is 2.44. The smallest absolute Gasteiger partial charge is 0.478 e. The van der Waals surface area contributed by atoms with Crippen LogP contribution in [0.1, 0.15) is 20.7 Å². The van der Waals surface area contributed by atoms with Crippen molar-refractivity contribution in [3.63, 3.8) is 0 Å². The third kappa shape index (κ3) is 11.0. The van der Waals surface area contributed by atoms with Crippen molar-refractivity contribution in [2.45, 2.75) is 39.3 Å². The van der Waals surface area contributed by atoms with E-state index < -0.39 is 37.6 Å². The molecule has 0 unspecified atom stereocenters. The Morgan fingerprint density at radius 3 is 1.24 bits per heavy atom. The van der Waals surface area contributed by atoms with Crippen LogP contribution in [0.25, 0.3) is 0 Å². The number of carbonyl (C=O) groups is 2. The third-order valence-corrected chi connectivity index (χ3v) is 9.29. The van der Waals surface area contributed by atoms with Crippen molar-refractivity contribution < 1.29 is 37.6 Å². The van der Waals surface area contributed by atoms with E-state index >= 15 is 0 Å². The van der Waals surface area contributed by atoms with Crippen LogP contribution in [0.5, 0.6) is 0 Å². The topological polar surface area (TPSA) is 134 Å². The molecule has 0 saturated heterocycles. The molecular formula is C14H26O8Si3. The number of rotatable bonds is 6. The van der Waals surface area contributed by atoms with Crippen molar-refractivity contribution in [1.29, 1.82) is 0 Å². The van der Waals surface area contributed by atoms with E-state index in [0.717, 1.165) is 0 Å². The average Bonchev–Trinajstić information content (AvgIpc) is 2.33. The van der Waals surface area contributed by atoms with Crippen LogP contribution in [0.3, 0.4) is 0 Å². The lowest BCUT2D eigenvalue weighted by molar-refractivity contribution is 0.0651. The van der Waals surface area contributed by atoms with Gasteiger partial charge in [-0.1, -0.05) is 12.1 Å². The van der Waals surface area contributed by atoms with Crippen LogP contribution in [0.2, 0.25) is 39.3 Å². The minimum Gasteiger partial charge on any atom is -0.478 e. The first-order valence-electron chi connectivity index (χ1n) is 7.45. The number of hydrogen-bond acceptors (Lipinski definition) is 6. The van der Waals surface area contributed by atoms with Crippen LogP contribution in [-0.2, 0) is 8.23 Å². The predicted molar refractivity (Wildman–Crippen MR) is 99.4 cm³/mol. The molecule has 0 radical (unpaired) electrons. The second kappa shape index (κ2) is 8.84. The molecule has 0 heterocycles. The summed E-state index contributed by atoms with van der Waals surface area (Å²) in [7, 11) is -7.72. The summed E-state index contributed by atoms with van der Waals surface area (Å²) in [5.41, 5.74) is -0.380. The van der Waals surface area contributed by atoms with E-state index in [1.165, 1.54) is 24.3 Å². The second-order valence-electron chi connectivity index (χ2n) is 7.13. The van der Waals surface area contributed by atoms with Crippen LogP contribution in [0, 0.1) is 0 Å². The molecule has 4 N–H and O–H groups in total. The maximum Gasteiger partial charge on any atom is 0.652 e. The molecule has 0 bridgehead atoms. The van der Waals surface area contributed by atoms with Gasteiger partial charge in [-0.2, -0.15) is 0 Å². The number of carboxylic acids is 2. The molecule has 1 rings (SSSR count). The first kappa shape index (κ1) is 23.7. The number of hydrogen-bond donors (Lipinski definition) is 4. The van der Waals surface area contributed by atoms with Crippen LogP contribution < -0.4 is 0 Å². The molecule has 0 fully saturated rings. The molecular weight excluding hydrogens is 380 g/mol. The Kier molecular flexibility index (Phi) is 8.37. The van der Waals surface area contributed by atoms with Crippen LogP contribution in [0.15, 0.2) is 24.3 Å². The highest BCUT2D eigenvalue weighted by Crippen LogP contribution is 2.15. The summed E-state index contributed by atoms with van der Waals surface area (Å²) in [6.07, 6.45) is 0. The van der Waals surface area contributed by atoms with Crippen molar-refractivity contribution in [3.8, 4) is 0 Å². The monoisotopic (exact) mass is 406 g/mol. The molecule has 0 aliphatic rings. The van der Waals surface area contributed by atoms with Gasteiger partial charge in [0.2, 0.25) is 0 Å². The molecule has 11 heteroatoms. The van der Waals surface area contributed by atoms with Crippen molar-refractivity contribution in [1.82, 2.24) is 0 Å². The molecule has 0 atom stereocenters. The van der Waals surface area contributed by atoms with E-state index in [2.05, 4.69) is 0 Å². The molecule has 25 heavy (non-hydrogen) atoms. The van der Waals surface area contributed by atoms with Gasteiger partial charge < -0.3 is 28.0 Å². The van der Waals surface area contributed by atoms with Gasteiger partial charge in [-0.3, -0.25) is 0 Å². The van der Waals surface area contributed by atoms with Gasteiger partial charge in [-0.05, 0) is 51.4 Å². The largest absolute Gasteiger partial charge is 0.652 e. The molecule has 0 aromatic heterocycles. The summed E-state index contributed by atoms with van der Waals surface area (Å²) in [6, 6.07) is 5.48. The van der Waals surface area contributed by atoms with Crippen molar-refractivity contribution >= 4 is 37.6 Å². The molecule has 1 aromatic rings. The zero-order valence-electron chi connectivity index (χ0n) is 15.2. The van der Waals surface area contributed by atoms with E-state index in [9.17, 15) is 19.2 Å². The lowest BCUT2D eigenvalue weighted by Gasteiger charge is -2.30. The highest BCUT2D eigenvalue weighted by atomic mass is 28.5. The Labute approximate surface area is 150 Å². The zero-order valence-corrected chi connectivity index (χ0v) is 18.2. The van der Waals surface area contributed by atoms with Gasteiger partial charge in [-0.25, -0.2) is 9.59 Å². The predicted octanol–water partition coefficient (Wildman–Crippen LogP) is 2.19. The summed E-state index contributed by atoms with van der Waals surface area (Å²) in [6.45, 7) is 11.4. The molecule has 142 valence electrons. The lowest BCUT2D eigenvalue weighted by Crippen LogP contribution is -2.55. The number of carboxylic acid groups (broad SMARTS) is 2. The molecule has 8 nitrogen and oxygen atoms in total. The molecule has 0 aliphatic heterocycles. The van der Waals surface area contributed by atoms with E-state index in [0.29, 0.717) is 0 Å². The molecule has 0 amide bonds. The van der Waals surface area contributed by atoms with Crippen molar-refractivity contribution in [2.75, 3.05) is 0 Å². The van der Waals surface area contributed by atoms with Crippen LogP contribution in [-0.4, -0.2) is 57.4 Å². The number of aromatic carboxylic acids is 2. The summed E-state index contributed by atoms with van der Waals surface area (Å²) in [5, 5.41) is 17.1. The van der Waals surface area contributed by atoms with E-state index in [1.54, 1.807) is 0 Å². The van der Waals surface area contributed by atoms with Crippen molar-refractivity contribution in [2.24, 2.45) is 0 Å². The van der Waals surface area contributed by atoms with Gasteiger partial charge in [0.25, 0.3) is 0 Å². The minimum absolute atomic E-state index is 0.190. The standard InChI is InChI=1S/C8H6O4.C6H20O4Si3/c9-7(10)5-3-1-2-4-6(5)8(11)12;1-11(2,3)9-13(7,8)10-12(4,5)6/h1-4H,(H,9,10)(H,11,12);7-8H,1-6H3. The lowest BCUT2D eigenvalue weighted by atomic mass is 10.1. The fraction of sp³-hybridized carbons (Fsp3) is 0.429. The Morgan fingerprint density at radius 2 is 1.04 bits per heavy atom. The van der Waals surface area contributed by atoms with E-state index in [1.807, 2.05) is 39.3 Å². The quantitative estimate of drug-likeness (QED) is 0.528. The van der Waals surface area contributed by atoms with E-state index in [4.69, 9.17) is 18.4 Å². The third-order valence-electron chi connectivity index (χ3n) is 2.27. The summed E-state index contributed by atoms with van der Waals surface area (Å²) in [5.74, 6) is -2.46. The normalized spacial score (nSPS) is 12.2. The Bertz CT molecular complexity index is 554. The Balaban J connectivity index is 0.000000462. The van der Waals surface area contributed by atoms with Crippen LogP contribution >= 0.6 is 0 Å². The SMILES string of the molecule is C[Si](C)(C)O[Si](O)(O)O[Si](C)(C)C.O=C(O)c1ccccc1C(=O)O. The summed E-state index contributed by atoms with van der Waals surface area (Å²) < 4.78 is 10.4. The Hall–Kier alpha value is -1.35. The average molecular weight is 407 g/mol. The minimum atomic E-state index is -3.85.